The molecule has 4 aromatic rings. The summed E-state index contributed by atoms with van der Waals surface area (Å²) < 4.78 is 11.7. The third-order valence-electron chi connectivity index (χ3n) is 5.16. The Labute approximate surface area is 194 Å². The predicted molar refractivity (Wildman–Crippen MR) is 129 cm³/mol. The summed E-state index contributed by atoms with van der Waals surface area (Å²) in [6, 6.07) is 27.4. The van der Waals surface area contributed by atoms with E-state index in [1.807, 2.05) is 79.7 Å². The van der Waals surface area contributed by atoms with E-state index in [0.29, 0.717) is 29.4 Å². The van der Waals surface area contributed by atoms with E-state index in [-0.39, 0.29) is 0 Å². The molecule has 4 nitrogen and oxygen atoms in total. The quantitative estimate of drug-likeness (QED) is 0.369. The van der Waals surface area contributed by atoms with Crippen molar-refractivity contribution in [2.75, 3.05) is 7.11 Å². The van der Waals surface area contributed by atoms with Crippen LogP contribution in [0.5, 0.6) is 11.6 Å². The first-order chi connectivity index (χ1) is 16.2. The summed E-state index contributed by atoms with van der Waals surface area (Å²) in [5, 5.41) is 9.35. The molecule has 0 aliphatic heterocycles. The van der Waals surface area contributed by atoms with Crippen molar-refractivity contribution >= 4 is 0 Å². The van der Waals surface area contributed by atoms with Gasteiger partial charge >= 0.3 is 0 Å². The summed E-state index contributed by atoms with van der Waals surface area (Å²) >= 11 is 0. The number of hydrogen-bond donors (Lipinski definition) is 0. The fraction of sp³-hybridized carbons (Fsp3) is 0.103. The summed E-state index contributed by atoms with van der Waals surface area (Å²) in [5.74, 6) is 7.58. The molecule has 0 aliphatic carbocycles. The van der Waals surface area contributed by atoms with Gasteiger partial charge in [-0.15, -0.1) is 0 Å². The molecule has 0 bridgehead atoms. The van der Waals surface area contributed by atoms with Crippen LogP contribution in [0, 0.1) is 30.1 Å². The van der Waals surface area contributed by atoms with Crippen molar-refractivity contribution in [2.45, 2.75) is 13.5 Å². The standard InChI is InChI=1S/C29H22N2O2/c1-21-17-26(27-13-8-16-31-29(27)33-20-22-9-4-3-5-10-22)18-24(28(21)32-2)15-14-23-11-6-7-12-25(23)19-30/h3-13,16-18H,20H2,1-2H3. The minimum atomic E-state index is 0.428. The number of aromatic nitrogens is 1. The highest BCUT2D eigenvalue weighted by atomic mass is 16.5. The number of methoxy groups -OCH3 is 1. The van der Waals surface area contributed by atoms with E-state index in [1.165, 1.54) is 0 Å². The van der Waals surface area contributed by atoms with Crippen molar-refractivity contribution < 1.29 is 9.47 Å². The number of pyridine rings is 1. The topological polar surface area (TPSA) is 55.1 Å². The number of nitrogens with zero attached hydrogens (tertiary/aromatic N) is 2. The highest BCUT2D eigenvalue weighted by molar-refractivity contribution is 5.73. The molecule has 0 amide bonds. The average Bonchev–Trinajstić information content (AvgIpc) is 2.87. The van der Waals surface area contributed by atoms with Crippen LogP contribution in [0.15, 0.2) is 85.1 Å². The van der Waals surface area contributed by atoms with E-state index in [2.05, 4.69) is 22.9 Å². The van der Waals surface area contributed by atoms with Crippen LogP contribution in [0.4, 0.5) is 0 Å². The molecule has 1 aromatic heterocycles. The number of aryl methyl sites for hydroxylation is 1. The smallest absolute Gasteiger partial charge is 0.221 e. The van der Waals surface area contributed by atoms with E-state index in [9.17, 15) is 5.26 Å². The second-order valence-corrected chi connectivity index (χ2v) is 7.41. The van der Waals surface area contributed by atoms with Gasteiger partial charge in [0.05, 0.1) is 18.2 Å². The van der Waals surface area contributed by atoms with Gasteiger partial charge in [0.2, 0.25) is 5.88 Å². The van der Waals surface area contributed by atoms with Gasteiger partial charge in [0.1, 0.15) is 18.4 Å². The maximum Gasteiger partial charge on any atom is 0.221 e. The van der Waals surface area contributed by atoms with Gasteiger partial charge in [-0.25, -0.2) is 4.98 Å². The monoisotopic (exact) mass is 430 g/mol. The highest BCUT2D eigenvalue weighted by Gasteiger charge is 2.13. The number of hydrogen-bond acceptors (Lipinski definition) is 4. The Morgan fingerprint density at radius 1 is 0.848 bits per heavy atom. The fourth-order valence-electron chi connectivity index (χ4n) is 3.57. The highest BCUT2D eigenvalue weighted by Crippen LogP contribution is 2.34. The predicted octanol–water partition coefficient (Wildman–Crippen LogP) is 5.92. The number of benzene rings is 3. The lowest BCUT2D eigenvalue weighted by Crippen LogP contribution is -1.99. The maximum absolute atomic E-state index is 9.35. The van der Waals surface area contributed by atoms with Gasteiger partial charge in [0.15, 0.2) is 0 Å². The lowest BCUT2D eigenvalue weighted by Gasteiger charge is -2.14. The summed E-state index contributed by atoms with van der Waals surface area (Å²) in [6.07, 6.45) is 1.72. The molecular weight excluding hydrogens is 408 g/mol. The molecule has 0 unspecified atom stereocenters. The van der Waals surface area contributed by atoms with Gasteiger partial charge in [0.25, 0.3) is 0 Å². The van der Waals surface area contributed by atoms with E-state index in [4.69, 9.17) is 9.47 Å². The summed E-state index contributed by atoms with van der Waals surface area (Å²) in [7, 11) is 1.63. The van der Waals surface area contributed by atoms with E-state index in [1.54, 1.807) is 19.4 Å². The molecule has 0 radical (unpaired) electrons. The van der Waals surface area contributed by atoms with Gasteiger partial charge in [-0.1, -0.05) is 54.3 Å². The number of ether oxygens (including phenoxy) is 2. The van der Waals surface area contributed by atoms with Crippen LogP contribution < -0.4 is 9.47 Å². The third-order valence-corrected chi connectivity index (χ3v) is 5.16. The molecule has 0 saturated carbocycles. The van der Waals surface area contributed by atoms with Crippen molar-refractivity contribution in [3.63, 3.8) is 0 Å². The first-order valence-electron chi connectivity index (χ1n) is 10.5. The Bertz CT molecular complexity index is 1380. The van der Waals surface area contributed by atoms with Gasteiger partial charge in [0, 0.05) is 17.3 Å². The SMILES string of the molecule is COc1c(C)cc(-c2cccnc2OCc2ccccc2)cc1C#Cc1ccccc1C#N. The second kappa shape index (κ2) is 10.2. The Balaban J connectivity index is 1.73. The first-order valence-corrected chi connectivity index (χ1v) is 10.5. The average molecular weight is 431 g/mol. The zero-order chi connectivity index (χ0) is 23.0. The van der Waals surface area contributed by atoms with Crippen molar-refractivity contribution in [1.82, 2.24) is 4.98 Å². The maximum atomic E-state index is 9.35. The molecule has 4 heteroatoms. The van der Waals surface area contributed by atoms with Crippen LogP contribution in [0.2, 0.25) is 0 Å². The zero-order valence-corrected chi connectivity index (χ0v) is 18.5. The minimum absolute atomic E-state index is 0.428. The van der Waals surface area contributed by atoms with Gasteiger partial charge in [-0.05, 0) is 60.0 Å². The van der Waals surface area contributed by atoms with Crippen LogP contribution in [-0.4, -0.2) is 12.1 Å². The molecular formula is C29H22N2O2. The van der Waals surface area contributed by atoms with Gasteiger partial charge in [-0.2, -0.15) is 5.26 Å². The van der Waals surface area contributed by atoms with Crippen LogP contribution >= 0.6 is 0 Å². The Morgan fingerprint density at radius 2 is 1.58 bits per heavy atom. The lowest BCUT2D eigenvalue weighted by atomic mass is 9.99. The molecule has 33 heavy (non-hydrogen) atoms. The Hall–Kier alpha value is -4.54. The molecule has 0 spiro atoms. The first kappa shape index (κ1) is 21.7. The van der Waals surface area contributed by atoms with Crippen LogP contribution in [0.3, 0.4) is 0 Å². The molecule has 0 saturated heterocycles. The fourth-order valence-corrected chi connectivity index (χ4v) is 3.57. The molecule has 0 N–H and O–H groups in total. The number of nitriles is 1. The van der Waals surface area contributed by atoms with E-state index < -0.39 is 0 Å². The zero-order valence-electron chi connectivity index (χ0n) is 18.5. The van der Waals surface area contributed by atoms with Crippen molar-refractivity contribution in [2.24, 2.45) is 0 Å². The molecule has 0 aliphatic rings. The molecule has 160 valence electrons. The Morgan fingerprint density at radius 3 is 2.33 bits per heavy atom. The van der Waals surface area contributed by atoms with Gasteiger partial charge in [-0.3, -0.25) is 0 Å². The number of rotatable bonds is 5. The summed E-state index contributed by atoms with van der Waals surface area (Å²) in [6.45, 7) is 2.41. The van der Waals surface area contributed by atoms with Crippen molar-refractivity contribution in [3.8, 4) is 40.7 Å². The van der Waals surface area contributed by atoms with Crippen LogP contribution in [0.1, 0.15) is 27.8 Å². The molecule has 3 aromatic carbocycles. The molecule has 0 fully saturated rings. The largest absolute Gasteiger partial charge is 0.495 e. The van der Waals surface area contributed by atoms with Crippen LogP contribution in [-0.2, 0) is 6.61 Å². The second-order valence-electron chi connectivity index (χ2n) is 7.41. The summed E-state index contributed by atoms with van der Waals surface area (Å²) in [5.41, 5.74) is 5.78. The van der Waals surface area contributed by atoms with Crippen molar-refractivity contribution in [1.29, 1.82) is 5.26 Å². The van der Waals surface area contributed by atoms with Crippen LogP contribution in [0.25, 0.3) is 11.1 Å². The Kier molecular flexibility index (Phi) is 6.69. The van der Waals surface area contributed by atoms with E-state index in [0.717, 1.165) is 27.8 Å². The lowest BCUT2D eigenvalue weighted by molar-refractivity contribution is 0.295. The van der Waals surface area contributed by atoms with Gasteiger partial charge < -0.3 is 9.47 Å². The third kappa shape index (κ3) is 5.03. The summed E-state index contributed by atoms with van der Waals surface area (Å²) in [4.78, 5) is 4.46. The van der Waals surface area contributed by atoms with Crippen molar-refractivity contribution in [3.05, 3.63) is 113 Å². The van der Waals surface area contributed by atoms with E-state index >= 15 is 0 Å². The molecule has 0 atom stereocenters. The molecule has 4 rings (SSSR count). The molecule has 1 heterocycles. The minimum Gasteiger partial charge on any atom is -0.495 e. The normalized spacial score (nSPS) is 9.97.